The van der Waals surface area contributed by atoms with Crippen molar-refractivity contribution in [3.63, 3.8) is 0 Å². The van der Waals surface area contributed by atoms with E-state index in [9.17, 15) is 5.11 Å². The Kier molecular flexibility index (Phi) is 3.50. The van der Waals surface area contributed by atoms with Gasteiger partial charge in [-0.25, -0.2) is 0 Å². The van der Waals surface area contributed by atoms with Gasteiger partial charge in [0, 0.05) is 5.38 Å². The van der Waals surface area contributed by atoms with E-state index in [-0.39, 0.29) is 0 Å². The average molecular weight is 211 g/mol. The summed E-state index contributed by atoms with van der Waals surface area (Å²) in [5, 5.41) is 12.0. The van der Waals surface area contributed by atoms with Gasteiger partial charge in [-0.3, -0.25) is 0 Å². The number of aliphatic hydroxyl groups is 1. The topological polar surface area (TPSA) is 42.4 Å². The van der Waals surface area contributed by atoms with Gasteiger partial charge in [-0.1, -0.05) is 24.2 Å². The first kappa shape index (κ1) is 11.0. The summed E-state index contributed by atoms with van der Waals surface area (Å²) >= 11 is 1.39. The van der Waals surface area contributed by atoms with Crippen LogP contribution in [0.4, 0.5) is 0 Å². The van der Waals surface area contributed by atoms with Gasteiger partial charge >= 0.3 is 0 Å². The van der Waals surface area contributed by atoms with Gasteiger partial charge in [-0.2, -0.15) is 4.98 Å². The number of nitrogens with zero attached hydrogens (tertiary/aromatic N) is 1. The molecule has 1 aromatic heterocycles. The number of thiazole rings is 1. The zero-order valence-electron chi connectivity index (χ0n) is 8.50. The van der Waals surface area contributed by atoms with Crippen molar-refractivity contribution in [2.75, 3.05) is 7.11 Å². The van der Waals surface area contributed by atoms with Gasteiger partial charge in [0.15, 0.2) is 0 Å². The minimum absolute atomic E-state index is 0.588. The predicted octanol–water partition coefficient (Wildman–Crippen LogP) is 1.66. The molecule has 76 valence electrons. The smallest absolute Gasteiger partial charge is 0.274 e. The molecular formula is C10H13NO2S. The zero-order chi connectivity index (χ0) is 10.6. The molecule has 1 rings (SSSR count). The molecule has 0 saturated carbocycles. The summed E-state index contributed by atoms with van der Waals surface area (Å²) in [5.41, 5.74) is -0.294. The highest BCUT2D eigenvalue weighted by atomic mass is 32.1. The standard InChI is InChI=1S/C10H13NO2S/c1-4-10(2,12)6-5-8-7-14-9(11-8)13-3/h7,12H,4H2,1-3H3. The fourth-order valence-corrected chi connectivity index (χ4v) is 1.27. The van der Waals surface area contributed by atoms with Gasteiger partial charge in [-0.15, -0.1) is 0 Å². The molecule has 0 aliphatic rings. The zero-order valence-corrected chi connectivity index (χ0v) is 9.31. The monoisotopic (exact) mass is 211 g/mol. The van der Waals surface area contributed by atoms with E-state index in [1.54, 1.807) is 19.4 Å². The van der Waals surface area contributed by atoms with Crippen LogP contribution in [0.2, 0.25) is 0 Å². The van der Waals surface area contributed by atoms with Crippen LogP contribution in [0.25, 0.3) is 0 Å². The Morgan fingerprint density at radius 3 is 2.93 bits per heavy atom. The molecule has 1 atom stereocenters. The molecule has 1 heterocycles. The van der Waals surface area contributed by atoms with Crippen LogP contribution in [-0.2, 0) is 0 Å². The molecule has 0 aliphatic heterocycles. The fourth-order valence-electron chi connectivity index (χ4n) is 0.696. The van der Waals surface area contributed by atoms with Crippen molar-refractivity contribution >= 4 is 11.3 Å². The van der Waals surface area contributed by atoms with Crippen LogP contribution in [0.1, 0.15) is 26.0 Å². The van der Waals surface area contributed by atoms with E-state index in [1.165, 1.54) is 11.3 Å². The fraction of sp³-hybridized carbons (Fsp3) is 0.500. The van der Waals surface area contributed by atoms with E-state index in [2.05, 4.69) is 16.8 Å². The molecule has 0 saturated heterocycles. The van der Waals surface area contributed by atoms with Crippen LogP contribution < -0.4 is 4.74 Å². The number of hydrogen-bond acceptors (Lipinski definition) is 4. The minimum atomic E-state index is -0.934. The summed E-state index contributed by atoms with van der Waals surface area (Å²) in [5.74, 6) is 5.57. The van der Waals surface area contributed by atoms with Gasteiger partial charge in [-0.05, 0) is 19.3 Å². The van der Waals surface area contributed by atoms with E-state index in [0.717, 1.165) is 0 Å². The van der Waals surface area contributed by atoms with E-state index >= 15 is 0 Å². The summed E-state index contributed by atoms with van der Waals surface area (Å²) in [6.45, 7) is 3.57. The maximum absolute atomic E-state index is 9.62. The lowest BCUT2D eigenvalue weighted by Gasteiger charge is -2.11. The Bertz CT molecular complexity index is 360. The number of ether oxygens (including phenoxy) is 1. The van der Waals surface area contributed by atoms with E-state index in [1.807, 2.05) is 6.92 Å². The van der Waals surface area contributed by atoms with Gasteiger partial charge < -0.3 is 9.84 Å². The maximum Gasteiger partial charge on any atom is 0.274 e. The third kappa shape index (κ3) is 3.02. The maximum atomic E-state index is 9.62. The van der Waals surface area contributed by atoms with Crippen molar-refractivity contribution in [2.24, 2.45) is 0 Å². The second-order valence-electron chi connectivity index (χ2n) is 3.08. The van der Waals surface area contributed by atoms with Crippen LogP contribution in [0.3, 0.4) is 0 Å². The Hall–Kier alpha value is -1.05. The van der Waals surface area contributed by atoms with Crippen molar-refractivity contribution < 1.29 is 9.84 Å². The van der Waals surface area contributed by atoms with Gasteiger partial charge in [0.05, 0.1) is 7.11 Å². The summed E-state index contributed by atoms with van der Waals surface area (Å²) < 4.78 is 4.93. The Balaban J connectivity index is 2.77. The summed E-state index contributed by atoms with van der Waals surface area (Å²) in [6.07, 6.45) is 0.598. The molecule has 0 aromatic carbocycles. The van der Waals surface area contributed by atoms with Crippen molar-refractivity contribution in [1.29, 1.82) is 0 Å². The van der Waals surface area contributed by atoms with Crippen molar-refractivity contribution in [3.8, 4) is 17.0 Å². The molecule has 0 spiro atoms. The average Bonchev–Trinajstić information content (AvgIpc) is 2.63. The van der Waals surface area contributed by atoms with Crippen LogP contribution in [0, 0.1) is 11.8 Å². The first-order valence-electron chi connectivity index (χ1n) is 4.32. The van der Waals surface area contributed by atoms with E-state index < -0.39 is 5.60 Å². The Labute approximate surface area is 87.8 Å². The SMILES string of the molecule is CCC(C)(O)C#Cc1csc(OC)n1. The van der Waals surface area contributed by atoms with Crippen LogP contribution in [0.5, 0.6) is 5.19 Å². The van der Waals surface area contributed by atoms with Crippen molar-refractivity contribution in [2.45, 2.75) is 25.9 Å². The normalized spacial score (nSPS) is 14.0. The highest BCUT2D eigenvalue weighted by molar-refractivity contribution is 7.11. The van der Waals surface area contributed by atoms with Crippen molar-refractivity contribution in [1.82, 2.24) is 4.98 Å². The lowest BCUT2D eigenvalue weighted by molar-refractivity contribution is 0.118. The predicted molar refractivity (Wildman–Crippen MR) is 56.5 cm³/mol. The largest absolute Gasteiger partial charge is 0.473 e. The first-order valence-corrected chi connectivity index (χ1v) is 5.20. The van der Waals surface area contributed by atoms with Crippen LogP contribution >= 0.6 is 11.3 Å². The third-order valence-corrected chi connectivity index (χ3v) is 2.61. The number of hydrogen-bond donors (Lipinski definition) is 1. The lowest BCUT2D eigenvalue weighted by atomic mass is 10.1. The summed E-state index contributed by atoms with van der Waals surface area (Å²) in [4.78, 5) is 4.08. The number of rotatable bonds is 2. The minimum Gasteiger partial charge on any atom is -0.473 e. The van der Waals surface area contributed by atoms with Gasteiger partial charge in [0.2, 0.25) is 0 Å². The van der Waals surface area contributed by atoms with Crippen LogP contribution in [-0.4, -0.2) is 22.8 Å². The van der Waals surface area contributed by atoms with Gasteiger partial charge in [0.25, 0.3) is 5.19 Å². The first-order chi connectivity index (χ1) is 6.57. The molecule has 0 aliphatic carbocycles. The molecular weight excluding hydrogens is 198 g/mol. The van der Waals surface area contributed by atoms with Gasteiger partial charge in [0.1, 0.15) is 11.3 Å². The number of aromatic nitrogens is 1. The molecule has 14 heavy (non-hydrogen) atoms. The molecule has 0 bridgehead atoms. The molecule has 0 amide bonds. The second-order valence-corrected chi connectivity index (χ2v) is 3.90. The quantitative estimate of drug-likeness (QED) is 0.756. The third-order valence-electron chi connectivity index (χ3n) is 1.81. The van der Waals surface area contributed by atoms with Crippen molar-refractivity contribution in [3.05, 3.63) is 11.1 Å². The van der Waals surface area contributed by atoms with E-state index in [4.69, 9.17) is 4.74 Å². The molecule has 1 aromatic rings. The van der Waals surface area contributed by atoms with Crippen LogP contribution in [0.15, 0.2) is 5.38 Å². The highest BCUT2D eigenvalue weighted by Crippen LogP contribution is 2.16. The molecule has 0 fully saturated rings. The molecule has 4 heteroatoms. The Morgan fingerprint density at radius 1 is 1.71 bits per heavy atom. The highest BCUT2D eigenvalue weighted by Gasteiger charge is 2.12. The molecule has 0 radical (unpaired) electrons. The Morgan fingerprint density at radius 2 is 2.43 bits per heavy atom. The molecule has 1 unspecified atom stereocenters. The summed E-state index contributed by atoms with van der Waals surface area (Å²) in [6, 6.07) is 0. The molecule has 1 N–H and O–H groups in total. The number of methoxy groups -OCH3 is 1. The lowest BCUT2D eigenvalue weighted by Crippen LogP contribution is -2.19. The van der Waals surface area contributed by atoms with E-state index in [0.29, 0.717) is 17.3 Å². The molecule has 3 nitrogen and oxygen atoms in total. The second kappa shape index (κ2) is 4.45. The summed E-state index contributed by atoms with van der Waals surface area (Å²) in [7, 11) is 1.57.